The molecule has 0 aliphatic carbocycles. The lowest BCUT2D eigenvalue weighted by Crippen LogP contribution is -2.47. The molecule has 1 N–H and O–H groups in total. The fraction of sp³-hybridized carbons (Fsp3) is 0.462. The summed E-state index contributed by atoms with van der Waals surface area (Å²) in [7, 11) is 5.10. The molecule has 2 saturated heterocycles. The molecule has 8 nitrogen and oxygen atoms in total. The Morgan fingerprint density at radius 1 is 0.853 bits per heavy atom. The van der Waals surface area contributed by atoms with Gasteiger partial charge in [-0.2, -0.15) is 0 Å². The maximum absolute atomic E-state index is 13.6. The van der Waals surface area contributed by atoms with Gasteiger partial charge >= 0.3 is 6.03 Å². The molecule has 0 saturated carbocycles. The molecule has 0 spiro atoms. The summed E-state index contributed by atoms with van der Waals surface area (Å²) in [6, 6.07) is 13.6. The van der Waals surface area contributed by atoms with Crippen LogP contribution in [0.3, 0.4) is 0 Å². The molecule has 2 fully saturated rings. The number of likely N-dealkylation sites (tertiary alicyclic amines) is 1. The van der Waals surface area contributed by atoms with Crippen molar-refractivity contribution in [3.8, 4) is 5.75 Å². The molecule has 2 aliphatic heterocycles. The van der Waals surface area contributed by atoms with Crippen molar-refractivity contribution in [2.24, 2.45) is 0 Å². The molecule has 0 atom stereocenters. The van der Waals surface area contributed by atoms with Crippen LogP contribution in [0.5, 0.6) is 5.75 Å². The van der Waals surface area contributed by atoms with Gasteiger partial charge in [-0.3, -0.25) is 4.79 Å². The third kappa shape index (κ3) is 5.21. The highest BCUT2D eigenvalue weighted by Crippen LogP contribution is 2.31. The Kier molecular flexibility index (Phi) is 7.45. The van der Waals surface area contributed by atoms with Crippen molar-refractivity contribution >= 4 is 29.0 Å². The van der Waals surface area contributed by atoms with E-state index in [1.54, 1.807) is 21.2 Å². The first-order valence-corrected chi connectivity index (χ1v) is 12.0. The zero-order valence-electron chi connectivity index (χ0n) is 20.4. The van der Waals surface area contributed by atoms with Gasteiger partial charge in [0, 0.05) is 64.7 Å². The van der Waals surface area contributed by atoms with Gasteiger partial charge in [-0.1, -0.05) is 12.1 Å². The predicted octanol–water partition coefficient (Wildman–Crippen LogP) is 3.74. The largest absolute Gasteiger partial charge is 0.495 e. The van der Waals surface area contributed by atoms with Gasteiger partial charge in [-0.15, -0.1) is 0 Å². The van der Waals surface area contributed by atoms with Crippen LogP contribution < -0.4 is 19.9 Å². The van der Waals surface area contributed by atoms with Crippen molar-refractivity contribution in [3.05, 3.63) is 48.0 Å². The topological polar surface area (TPSA) is 68.4 Å². The second-order valence-corrected chi connectivity index (χ2v) is 9.06. The fourth-order valence-electron chi connectivity index (χ4n) is 4.64. The molecule has 0 bridgehead atoms. The number of ether oxygens (including phenoxy) is 1. The molecule has 0 unspecified atom stereocenters. The number of piperazine rings is 1. The van der Waals surface area contributed by atoms with Crippen LogP contribution in [0.1, 0.15) is 29.6 Å². The minimum Gasteiger partial charge on any atom is -0.495 e. The number of nitrogens with one attached hydrogen (secondary N) is 1. The van der Waals surface area contributed by atoms with E-state index in [0.29, 0.717) is 11.3 Å². The first-order chi connectivity index (χ1) is 16.5. The third-order valence-electron chi connectivity index (χ3n) is 6.57. The smallest absolute Gasteiger partial charge is 0.321 e. The molecule has 8 heteroatoms. The highest BCUT2D eigenvalue weighted by atomic mass is 16.5. The summed E-state index contributed by atoms with van der Waals surface area (Å²) < 4.78 is 5.55. The Bertz CT molecular complexity index is 1010. The van der Waals surface area contributed by atoms with Gasteiger partial charge in [0.15, 0.2) is 0 Å². The van der Waals surface area contributed by atoms with Gasteiger partial charge in [0.05, 0.1) is 18.4 Å². The normalized spacial score (nSPS) is 16.3. The number of anilines is 3. The summed E-state index contributed by atoms with van der Waals surface area (Å²) >= 11 is 0. The van der Waals surface area contributed by atoms with Crippen LogP contribution in [0.25, 0.3) is 0 Å². The number of benzene rings is 2. The number of hydrogen-bond donors (Lipinski definition) is 1. The minimum atomic E-state index is -0.213. The van der Waals surface area contributed by atoms with Crippen molar-refractivity contribution in [2.45, 2.75) is 19.3 Å². The monoisotopic (exact) mass is 465 g/mol. The van der Waals surface area contributed by atoms with Gasteiger partial charge in [0.25, 0.3) is 5.91 Å². The molecule has 4 rings (SSSR count). The van der Waals surface area contributed by atoms with Gasteiger partial charge in [0.2, 0.25) is 0 Å². The van der Waals surface area contributed by atoms with Crippen molar-refractivity contribution in [1.29, 1.82) is 0 Å². The third-order valence-corrected chi connectivity index (χ3v) is 6.57. The van der Waals surface area contributed by atoms with Gasteiger partial charge < -0.3 is 29.7 Å². The second-order valence-electron chi connectivity index (χ2n) is 9.06. The molecule has 0 aromatic heterocycles. The van der Waals surface area contributed by atoms with E-state index in [9.17, 15) is 9.59 Å². The van der Waals surface area contributed by atoms with Crippen LogP contribution in [0, 0.1) is 0 Å². The van der Waals surface area contributed by atoms with Crippen molar-refractivity contribution in [3.63, 3.8) is 0 Å². The highest BCUT2D eigenvalue weighted by molar-refractivity contribution is 6.02. The first kappa shape index (κ1) is 23.7. The Labute approximate surface area is 202 Å². The summed E-state index contributed by atoms with van der Waals surface area (Å²) in [5.41, 5.74) is 3.31. The van der Waals surface area contributed by atoms with Crippen molar-refractivity contribution in [1.82, 2.24) is 9.80 Å². The molecule has 2 heterocycles. The fourth-order valence-corrected chi connectivity index (χ4v) is 4.64. The van der Waals surface area contributed by atoms with Crippen LogP contribution in [0.4, 0.5) is 21.9 Å². The van der Waals surface area contributed by atoms with Crippen LogP contribution in [-0.2, 0) is 0 Å². The van der Waals surface area contributed by atoms with Crippen LogP contribution >= 0.6 is 0 Å². The Hall–Kier alpha value is -3.42. The van der Waals surface area contributed by atoms with Crippen molar-refractivity contribution in [2.75, 3.05) is 75.6 Å². The molecule has 182 valence electrons. The molecule has 0 radical (unpaired) electrons. The van der Waals surface area contributed by atoms with E-state index in [2.05, 4.69) is 21.2 Å². The molecular weight excluding hydrogens is 430 g/mol. The number of carbonyl (C=O) groups is 2. The number of urea groups is 1. The number of rotatable bonds is 5. The van der Waals surface area contributed by atoms with E-state index in [1.165, 1.54) is 11.3 Å². The number of hydrogen-bond acceptors (Lipinski definition) is 5. The minimum absolute atomic E-state index is 0.0443. The first-order valence-electron chi connectivity index (χ1n) is 12.0. The number of piperidine rings is 1. The SMILES string of the molecule is COc1ccccc1N1CCN(c2ccc(NC(=O)N(C)C)cc2C(=O)N2CCCCC2)CC1. The summed E-state index contributed by atoms with van der Waals surface area (Å²) in [5, 5.41) is 2.89. The van der Waals surface area contributed by atoms with E-state index < -0.39 is 0 Å². The maximum Gasteiger partial charge on any atom is 0.321 e. The molecule has 34 heavy (non-hydrogen) atoms. The summed E-state index contributed by atoms with van der Waals surface area (Å²) in [5.74, 6) is 0.917. The predicted molar refractivity (Wildman–Crippen MR) is 136 cm³/mol. The molecule has 3 amide bonds. The van der Waals surface area contributed by atoms with Gasteiger partial charge in [-0.25, -0.2) is 4.79 Å². The number of carbonyl (C=O) groups excluding carboxylic acids is 2. The number of methoxy groups -OCH3 is 1. The standard InChI is InChI=1S/C26H35N5O3/c1-28(2)26(33)27-20-11-12-22(21(19-20)25(32)31-13-7-4-8-14-31)29-15-17-30(18-16-29)23-9-5-6-10-24(23)34-3/h5-6,9-12,19H,4,7-8,13-18H2,1-3H3,(H,27,33). The quantitative estimate of drug-likeness (QED) is 0.729. The molecule has 2 aromatic rings. The lowest BCUT2D eigenvalue weighted by atomic mass is 10.1. The highest BCUT2D eigenvalue weighted by Gasteiger charge is 2.26. The Morgan fingerprint density at radius 3 is 2.15 bits per heavy atom. The Morgan fingerprint density at radius 2 is 1.50 bits per heavy atom. The van der Waals surface area contributed by atoms with E-state index in [4.69, 9.17) is 4.74 Å². The zero-order chi connectivity index (χ0) is 24.1. The zero-order valence-corrected chi connectivity index (χ0v) is 20.4. The van der Waals surface area contributed by atoms with Gasteiger partial charge in [0.1, 0.15) is 5.75 Å². The number of para-hydroxylation sites is 2. The second kappa shape index (κ2) is 10.7. The summed E-state index contributed by atoms with van der Waals surface area (Å²) in [6.07, 6.45) is 3.24. The van der Waals surface area contributed by atoms with Crippen molar-refractivity contribution < 1.29 is 14.3 Å². The van der Waals surface area contributed by atoms with Crippen LogP contribution in [-0.4, -0.2) is 82.2 Å². The molecule has 2 aliphatic rings. The summed E-state index contributed by atoms with van der Waals surface area (Å²) in [6.45, 7) is 4.82. The molecular formula is C26H35N5O3. The number of amides is 3. The average Bonchev–Trinajstić information content (AvgIpc) is 2.88. The Balaban J connectivity index is 1.56. The van der Waals surface area contributed by atoms with E-state index in [-0.39, 0.29) is 11.9 Å². The summed E-state index contributed by atoms with van der Waals surface area (Å²) in [4.78, 5) is 33.8. The average molecular weight is 466 g/mol. The van der Waals surface area contributed by atoms with E-state index in [0.717, 1.165) is 69.2 Å². The van der Waals surface area contributed by atoms with E-state index >= 15 is 0 Å². The lowest BCUT2D eigenvalue weighted by Gasteiger charge is -2.39. The van der Waals surface area contributed by atoms with Gasteiger partial charge in [-0.05, 0) is 49.6 Å². The van der Waals surface area contributed by atoms with E-state index in [1.807, 2.05) is 41.3 Å². The lowest BCUT2D eigenvalue weighted by molar-refractivity contribution is 0.0725. The van der Waals surface area contributed by atoms with Crippen LogP contribution in [0.15, 0.2) is 42.5 Å². The molecule has 2 aromatic carbocycles. The van der Waals surface area contributed by atoms with Crippen LogP contribution in [0.2, 0.25) is 0 Å². The number of nitrogens with zero attached hydrogens (tertiary/aromatic N) is 4. The maximum atomic E-state index is 13.6.